The summed E-state index contributed by atoms with van der Waals surface area (Å²) in [6.45, 7) is 3.10. The van der Waals surface area contributed by atoms with Gasteiger partial charge in [0.2, 0.25) is 11.8 Å². The molecule has 0 aliphatic rings. The lowest BCUT2D eigenvalue weighted by Gasteiger charge is -2.17. The highest BCUT2D eigenvalue weighted by atomic mass is 32.2. The van der Waals surface area contributed by atoms with Gasteiger partial charge in [0, 0.05) is 19.2 Å². The number of amides is 1. The topological polar surface area (TPSA) is 77.7 Å². The number of carbonyl (C=O) groups excluding carboxylic acids is 1. The first-order valence-electron chi connectivity index (χ1n) is 9.15. The number of carbonyl (C=O) groups is 1. The molecule has 0 bridgehead atoms. The SMILES string of the molecule is CCOc1ccc(CN(C)C(=O)CSc2nnc(-c3ccc(OC)cc3)o2)cc1. The number of thioether (sulfide) groups is 1. The van der Waals surface area contributed by atoms with Gasteiger partial charge in [0.1, 0.15) is 11.5 Å². The number of hydrogen-bond donors (Lipinski definition) is 0. The maximum absolute atomic E-state index is 12.4. The van der Waals surface area contributed by atoms with Crippen molar-refractivity contribution in [3.63, 3.8) is 0 Å². The van der Waals surface area contributed by atoms with Gasteiger partial charge in [-0.05, 0) is 48.9 Å². The van der Waals surface area contributed by atoms with Crippen LogP contribution in [0.4, 0.5) is 0 Å². The van der Waals surface area contributed by atoms with E-state index >= 15 is 0 Å². The van der Waals surface area contributed by atoms with Crippen molar-refractivity contribution in [3.05, 3.63) is 54.1 Å². The highest BCUT2D eigenvalue weighted by molar-refractivity contribution is 7.99. The van der Waals surface area contributed by atoms with Crippen molar-refractivity contribution >= 4 is 17.7 Å². The Hall–Kier alpha value is -3.00. The Kier molecular flexibility index (Phi) is 7.13. The van der Waals surface area contributed by atoms with E-state index in [0.717, 1.165) is 22.6 Å². The zero-order chi connectivity index (χ0) is 20.6. The van der Waals surface area contributed by atoms with Crippen LogP contribution < -0.4 is 9.47 Å². The smallest absolute Gasteiger partial charge is 0.277 e. The molecule has 7 nitrogen and oxygen atoms in total. The normalized spacial score (nSPS) is 10.6. The van der Waals surface area contributed by atoms with Crippen molar-refractivity contribution in [2.75, 3.05) is 26.5 Å². The largest absolute Gasteiger partial charge is 0.497 e. The van der Waals surface area contributed by atoms with Crippen molar-refractivity contribution in [2.45, 2.75) is 18.7 Å². The molecule has 0 atom stereocenters. The van der Waals surface area contributed by atoms with Crippen LogP contribution in [-0.2, 0) is 11.3 Å². The molecule has 152 valence electrons. The zero-order valence-electron chi connectivity index (χ0n) is 16.6. The van der Waals surface area contributed by atoms with E-state index < -0.39 is 0 Å². The van der Waals surface area contributed by atoms with Gasteiger partial charge >= 0.3 is 0 Å². The van der Waals surface area contributed by atoms with E-state index in [2.05, 4.69) is 10.2 Å². The Morgan fingerprint density at radius 3 is 2.41 bits per heavy atom. The Bertz CT molecular complexity index is 926. The molecular weight excluding hydrogens is 390 g/mol. The summed E-state index contributed by atoms with van der Waals surface area (Å²) >= 11 is 1.22. The average Bonchev–Trinajstić information content (AvgIpc) is 3.22. The van der Waals surface area contributed by atoms with E-state index in [9.17, 15) is 4.79 Å². The molecule has 0 spiro atoms. The van der Waals surface area contributed by atoms with Crippen LogP contribution in [0, 0.1) is 0 Å². The van der Waals surface area contributed by atoms with E-state index in [1.807, 2.05) is 55.5 Å². The Morgan fingerprint density at radius 2 is 1.76 bits per heavy atom. The van der Waals surface area contributed by atoms with Crippen molar-refractivity contribution in [1.29, 1.82) is 0 Å². The van der Waals surface area contributed by atoms with Crippen LogP contribution in [0.5, 0.6) is 11.5 Å². The molecule has 0 saturated carbocycles. The molecule has 0 saturated heterocycles. The lowest BCUT2D eigenvalue weighted by Crippen LogP contribution is -2.27. The summed E-state index contributed by atoms with van der Waals surface area (Å²) in [5.41, 5.74) is 1.83. The fourth-order valence-corrected chi connectivity index (χ4v) is 3.28. The summed E-state index contributed by atoms with van der Waals surface area (Å²) in [4.78, 5) is 14.1. The minimum atomic E-state index is -0.0203. The van der Waals surface area contributed by atoms with Crippen molar-refractivity contribution in [3.8, 4) is 23.0 Å². The molecule has 3 aromatic rings. The molecule has 2 aromatic carbocycles. The van der Waals surface area contributed by atoms with E-state index in [1.165, 1.54) is 11.8 Å². The number of nitrogens with zero attached hydrogens (tertiary/aromatic N) is 3. The Balaban J connectivity index is 1.51. The van der Waals surface area contributed by atoms with Gasteiger partial charge in [0.05, 0.1) is 19.5 Å². The molecule has 0 aliphatic heterocycles. The van der Waals surface area contributed by atoms with Gasteiger partial charge in [-0.2, -0.15) is 0 Å². The van der Waals surface area contributed by atoms with Crippen LogP contribution in [0.2, 0.25) is 0 Å². The van der Waals surface area contributed by atoms with Gasteiger partial charge in [-0.15, -0.1) is 10.2 Å². The highest BCUT2D eigenvalue weighted by Gasteiger charge is 2.14. The first-order chi connectivity index (χ1) is 14.1. The van der Waals surface area contributed by atoms with E-state index in [0.29, 0.717) is 24.3 Å². The Morgan fingerprint density at radius 1 is 1.07 bits per heavy atom. The third-order valence-electron chi connectivity index (χ3n) is 4.14. The lowest BCUT2D eigenvalue weighted by molar-refractivity contribution is -0.127. The fraction of sp³-hybridized carbons (Fsp3) is 0.286. The number of rotatable bonds is 9. The van der Waals surface area contributed by atoms with Gasteiger partial charge in [0.15, 0.2) is 0 Å². The molecule has 0 fully saturated rings. The number of aromatic nitrogens is 2. The average molecular weight is 413 g/mol. The van der Waals surface area contributed by atoms with Crippen molar-refractivity contribution < 1.29 is 18.7 Å². The molecule has 0 N–H and O–H groups in total. The van der Waals surface area contributed by atoms with Crippen molar-refractivity contribution in [2.24, 2.45) is 0 Å². The van der Waals surface area contributed by atoms with Gasteiger partial charge in [-0.25, -0.2) is 0 Å². The summed E-state index contributed by atoms with van der Waals surface area (Å²) in [5, 5.41) is 8.41. The van der Waals surface area contributed by atoms with Crippen LogP contribution in [0.15, 0.2) is 58.2 Å². The maximum Gasteiger partial charge on any atom is 0.277 e. The van der Waals surface area contributed by atoms with E-state index in [1.54, 1.807) is 19.1 Å². The predicted molar refractivity (Wildman–Crippen MR) is 111 cm³/mol. The van der Waals surface area contributed by atoms with Crippen molar-refractivity contribution in [1.82, 2.24) is 15.1 Å². The molecule has 0 aliphatic carbocycles. The molecular formula is C21H23N3O4S. The third-order valence-corrected chi connectivity index (χ3v) is 4.95. The first kappa shape index (κ1) is 20.7. The number of ether oxygens (including phenoxy) is 2. The summed E-state index contributed by atoms with van der Waals surface area (Å²) in [6, 6.07) is 15.1. The Labute approximate surface area is 174 Å². The van der Waals surface area contributed by atoms with E-state index in [4.69, 9.17) is 13.9 Å². The summed E-state index contributed by atoms with van der Waals surface area (Å²) in [7, 11) is 3.39. The van der Waals surface area contributed by atoms with Gasteiger partial charge in [-0.1, -0.05) is 23.9 Å². The minimum Gasteiger partial charge on any atom is -0.497 e. The zero-order valence-corrected chi connectivity index (χ0v) is 17.4. The third kappa shape index (κ3) is 5.74. The van der Waals surface area contributed by atoms with Crippen LogP contribution >= 0.6 is 11.8 Å². The predicted octanol–water partition coefficient (Wildman–Crippen LogP) is 3.89. The van der Waals surface area contributed by atoms with Gasteiger partial charge in [0.25, 0.3) is 5.22 Å². The van der Waals surface area contributed by atoms with Gasteiger partial charge < -0.3 is 18.8 Å². The lowest BCUT2D eigenvalue weighted by atomic mass is 10.2. The second-order valence-corrected chi connectivity index (χ2v) is 7.14. The summed E-state index contributed by atoms with van der Waals surface area (Å²) in [5.74, 6) is 2.19. The van der Waals surface area contributed by atoms with Crippen LogP contribution in [0.1, 0.15) is 12.5 Å². The molecule has 3 rings (SSSR count). The minimum absolute atomic E-state index is 0.0203. The molecule has 0 radical (unpaired) electrons. The van der Waals surface area contributed by atoms with Gasteiger partial charge in [-0.3, -0.25) is 4.79 Å². The second-order valence-electron chi connectivity index (χ2n) is 6.22. The molecule has 8 heteroatoms. The monoisotopic (exact) mass is 413 g/mol. The van der Waals surface area contributed by atoms with Crippen LogP contribution in [0.25, 0.3) is 11.5 Å². The van der Waals surface area contributed by atoms with Crippen LogP contribution in [0.3, 0.4) is 0 Å². The van der Waals surface area contributed by atoms with Crippen LogP contribution in [-0.4, -0.2) is 47.5 Å². The molecule has 1 aromatic heterocycles. The molecule has 1 amide bonds. The standard InChI is InChI=1S/C21H23N3O4S/c1-4-27-18-9-5-15(6-10-18)13-24(2)19(25)14-29-21-23-22-20(28-21)16-7-11-17(26-3)12-8-16/h5-12H,4,13-14H2,1-3H3. The summed E-state index contributed by atoms with van der Waals surface area (Å²) < 4.78 is 16.2. The number of methoxy groups -OCH3 is 1. The fourth-order valence-electron chi connectivity index (χ4n) is 2.57. The molecule has 0 unspecified atom stereocenters. The number of benzene rings is 2. The first-order valence-corrected chi connectivity index (χ1v) is 10.1. The maximum atomic E-state index is 12.4. The molecule has 1 heterocycles. The summed E-state index contributed by atoms with van der Waals surface area (Å²) in [6.07, 6.45) is 0. The quantitative estimate of drug-likeness (QED) is 0.492. The molecule has 29 heavy (non-hydrogen) atoms. The second kappa shape index (κ2) is 9.97. The van der Waals surface area contributed by atoms with E-state index in [-0.39, 0.29) is 11.7 Å². The highest BCUT2D eigenvalue weighted by Crippen LogP contribution is 2.25. The number of hydrogen-bond acceptors (Lipinski definition) is 7.